The summed E-state index contributed by atoms with van der Waals surface area (Å²) in [7, 11) is -1.26. The van der Waals surface area contributed by atoms with Crippen LogP contribution in [0.5, 0.6) is 0 Å². The van der Waals surface area contributed by atoms with Crippen molar-refractivity contribution in [1.29, 1.82) is 0 Å². The maximum atomic E-state index is 13.0. The Bertz CT molecular complexity index is 648. The van der Waals surface area contributed by atoms with E-state index in [0.29, 0.717) is 12.1 Å². The minimum Gasteiger partial charge on any atom is -0.396 e. The molecular formula is C13H18FN3O3S. The maximum Gasteiger partial charge on any atom is 0.238 e. The van der Waals surface area contributed by atoms with Crippen molar-refractivity contribution in [2.24, 2.45) is 0 Å². The number of carbonyl (C=O) groups is 1. The lowest BCUT2D eigenvalue weighted by molar-refractivity contribution is -0.117. The molecule has 116 valence electrons. The highest BCUT2D eigenvalue weighted by molar-refractivity contribution is 7.91. The second-order valence-electron chi connectivity index (χ2n) is 5.26. The lowest BCUT2D eigenvalue weighted by Crippen LogP contribution is -2.38. The van der Waals surface area contributed by atoms with Crippen LogP contribution in [0.15, 0.2) is 18.2 Å². The summed E-state index contributed by atoms with van der Waals surface area (Å²) in [4.78, 5) is 13.6. The van der Waals surface area contributed by atoms with Crippen LogP contribution < -0.4 is 11.1 Å². The zero-order chi connectivity index (χ0) is 15.6. The van der Waals surface area contributed by atoms with Gasteiger partial charge in [-0.05, 0) is 31.7 Å². The van der Waals surface area contributed by atoms with E-state index in [1.807, 2.05) is 0 Å². The summed E-state index contributed by atoms with van der Waals surface area (Å²) < 4.78 is 35.9. The largest absolute Gasteiger partial charge is 0.396 e. The highest BCUT2D eigenvalue weighted by Crippen LogP contribution is 2.18. The molecule has 8 heteroatoms. The van der Waals surface area contributed by atoms with Gasteiger partial charge >= 0.3 is 0 Å². The number of sulfone groups is 1. The highest BCUT2D eigenvalue weighted by Gasteiger charge is 2.31. The third-order valence-electron chi connectivity index (χ3n) is 3.50. The normalized spacial score (nSPS) is 20.6. The molecule has 1 atom stereocenters. The van der Waals surface area contributed by atoms with Gasteiger partial charge in [-0.1, -0.05) is 0 Å². The number of amides is 1. The van der Waals surface area contributed by atoms with Gasteiger partial charge in [-0.15, -0.1) is 0 Å². The Labute approximate surface area is 123 Å². The Balaban J connectivity index is 1.91. The number of benzene rings is 1. The van der Waals surface area contributed by atoms with E-state index in [-0.39, 0.29) is 35.7 Å². The van der Waals surface area contributed by atoms with Gasteiger partial charge in [0.2, 0.25) is 5.91 Å². The van der Waals surface area contributed by atoms with Gasteiger partial charge in [-0.2, -0.15) is 0 Å². The van der Waals surface area contributed by atoms with Crippen LogP contribution in [0.25, 0.3) is 0 Å². The average molecular weight is 315 g/mol. The molecule has 1 aliphatic rings. The molecule has 2 rings (SSSR count). The molecule has 0 aliphatic carbocycles. The van der Waals surface area contributed by atoms with E-state index >= 15 is 0 Å². The number of nitrogens with zero attached hydrogens (tertiary/aromatic N) is 1. The molecule has 3 N–H and O–H groups in total. The number of halogens is 1. The van der Waals surface area contributed by atoms with Crippen molar-refractivity contribution in [2.45, 2.75) is 12.5 Å². The van der Waals surface area contributed by atoms with Gasteiger partial charge in [0, 0.05) is 11.7 Å². The second kappa shape index (κ2) is 5.98. The Kier molecular flexibility index (Phi) is 4.48. The van der Waals surface area contributed by atoms with Crippen LogP contribution in [0.4, 0.5) is 15.8 Å². The molecule has 1 aliphatic heterocycles. The SMILES string of the molecule is CN(CC(=O)Nc1ccc(F)c(N)c1)C1CCS(=O)(=O)C1. The molecule has 1 unspecified atom stereocenters. The number of hydrogen-bond acceptors (Lipinski definition) is 5. The van der Waals surface area contributed by atoms with Crippen molar-refractivity contribution in [2.75, 3.05) is 36.1 Å². The number of nitrogen functional groups attached to an aromatic ring is 1. The number of nitrogens with one attached hydrogen (secondary N) is 1. The van der Waals surface area contributed by atoms with E-state index in [1.165, 1.54) is 18.2 Å². The van der Waals surface area contributed by atoms with E-state index in [9.17, 15) is 17.6 Å². The molecule has 6 nitrogen and oxygen atoms in total. The van der Waals surface area contributed by atoms with Gasteiger partial charge in [0.25, 0.3) is 0 Å². The standard InChI is InChI=1S/C13H18FN3O3S/c1-17(10-4-5-21(19,20)8-10)7-13(18)16-9-2-3-11(14)12(15)6-9/h2-3,6,10H,4-5,7-8,15H2,1H3,(H,16,18). The summed E-state index contributed by atoms with van der Waals surface area (Å²) in [6.45, 7) is 0.0669. The summed E-state index contributed by atoms with van der Waals surface area (Å²) in [6.07, 6.45) is 0.537. The van der Waals surface area contributed by atoms with Gasteiger partial charge in [0.15, 0.2) is 9.84 Å². The molecule has 1 aromatic rings. The van der Waals surface area contributed by atoms with Crippen molar-refractivity contribution >= 4 is 27.1 Å². The van der Waals surface area contributed by atoms with Gasteiger partial charge < -0.3 is 11.1 Å². The minimum atomic E-state index is -2.98. The first-order valence-electron chi connectivity index (χ1n) is 6.52. The van der Waals surface area contributed by atoms with Crippen molar-refractivity contribution in [3.8, 4) is 0 Å². The molecule has 0 bridgehead atoms. The molecule has 1 heterocycles. The monoisotopic (exact) mass is 315 g/mol. The van der Waals surface area contributed by atoms with Crippen molar-refractivity contribution in [3.63, 3.8) is 0 Å². The van der Waals surface area contributed by atoms with E-state index in [2.05, 4.69) is 5.32 Å². The molecule has 1 aromatic carbocycles. The van der Waals surface area contributed by atoms with Gasteiger partial charge in [0.05, 0.1) is 23.7 Å². The minimum absolute atomic E-state index is 0.0389. The van der Waals surface area contributed by atoms with Crippen molar-refractivity contribution < 1.29 is 17.6 Å². The van der Waals surface area contributed by atoms with Crippen molar-refractivity contribution in [1.82, 2.24) is 4.90 Å². The van der Waals surface area contributed by atoms with Crippen LogP contribution in [-0.2, 0) is 14.6 Å². The van der Waals surface area contributed by atoms with E-state index in [0.717, 1.165) is 0 Å². The quantitative estimate of drug-likeness (QED) is 0.788. The van der Waals surface area contributed by atoms with E-state index < -0.39 is 15.7 Å². The predicted molar refractivity (Wildman–Crippen MR) is 79.1 cm³/mol. The number of nitrogens with two attached hydrogens (primary N) is 1. The fourth-order valence-corrected chi connectivity index (χ4v) is 4.11. The topological polar surface area (TPSA) is 92.5 Å². The smallest absolute Gasteiger partial charge is 0.238 e. The summed E-state index contributed by atoms with van der Waals surface area (Å²) in [5, 5.41) is 2.61. The Morgan fingerprint density at radius 3 is 2.81 bits per heavy atom. The lowest BCUT2D eigenvalue weighted by atomic mass is 10.2. The average Bonchev–Trinajstić information content (AvgIpc) is 2.74. The fraction of sp³-hybridized carbons (Fsp3) is 0.462. The van der Waals surface area contributed by atoms with E-state index in [4.69, 9.17) is 5.73 Å². The molecule has 0 spiro atoms. The second-order valence-corrected chi connectivity index (χ2v) is 7.49. The molecule has 0 aromatic heterocycles. The molecule has 1 fully saturated rings. The molecule has 1 saturated heterocycles. The first kappa shape index (κ1) is 15.7. The van der Waals surface area contributed by atoms with Crippen LogP contribution in [-0.4, -0.2) is 50.4 Å². The molecule has 21 heavy (non-hydrogen) atoms. The van der Waals surface area contributed by atoms with Crippen LogP contribution >= 0.6 is 0 Å². The van der Waals surface area contributed by atoms with Gasteiger partial charge in [-0.3, -0.25) is 9.69 Å². The molecular weight excluding hydrogens is 297 g/mol. The van der Waals surface area contributed by atoms with E-state index in [1.54, 1.807) is 11.9 Å². The third kappa shape index (κ3) is 4.15. The number of hydrogen-bond donors (Lipinski definition) is 2. The molecule has 0 saturated carbocycles. The van der Waals surface area contributed by atoms with Crippen LogP contribution in [0.2, 0.25) is 0 Å². The fourth-order valence-electron chi connectivity index (χ4n) is 2.30. The Morgan fingerprint density at radius 1 is 1.52 bits per heavy atom. The number of carbonyl (C=O) groups excluding carboxylic acids is 1. The molecule has 1 amide bonds. The maximum absolute atomic E-state index is 13.0. The highest BCUT2D eigenvalue weighted by atomic mass is 32.2. The zero-order valence-electron chi connectivity index (χ0n) is 11.7. The van der Waals surface area contributed by atoms with Crippen LogP contribution in [0, 0.1) is 5.82 Å². The predicted octanol–water partition coefficient (Wildman–Crippen LogP) is 0.465. The molecule has 0 radical (unpaired) electrons. The summed E-state index contributed by atoms with van der Waals surface area (Å²) in [5.41, 5.74) is 5.79. The first-order valence-corrected chi connectivity index (χ1v) is 8.34. The van der Waals surface area contributed by atoms with Gasteiger partial charge in [0.1, 0.15) is 5.82 Å². The number of likely N-dealkylation sites (N-methyl/N-ethyl adjacent to an activating group) is 1. The Morgan fingerprint density at radius 2 is 2.24 bits per heavy atom. The summed E-state index contributed by atoms with van der Waals surface area (Å²) >= 11 is 0. The van der Waals surface area contributed by atoms with Crippen molar-refractivity contribution in [3.05, 3.63) is 24.0 Å². The van der Waals surface area contributed by atoms with Crippen LogP contribution in [0.1, 0.15) is 6.42 Å². The first-order chi connectivity index (χ1) is 9.77. The van der Waals surface area contributed by atoms with Crippen LogP contribution in [0.3, 0.4) is 0 Å². The Hall–Kier alpha value is -1.67. The third-order valence-corrected chi connectivity index (χ3v) is 5.25. The number of anilines is 2. The summed E-state index contributed by atoms with van der Waals surface area (Å²) in [6, 6.07) is 3.80. The summed E-state index contributed by atoms with van der Waals surface area (Å²) in [5.74, 6) is -0.590. The number of rotatable bonds is 4. The lowest BCUT2D eigenvalue weighted by Gasteiger charge is -2.22. The van der Waals surface area contributed by atoms with Gasteiger partial charge in [-0.25, -0.2) is 12.8 Å². The zero-order valence-corrected chi connectivity index (χ0v) is 12.5.